The molecular weight excluding hydrogens is 302 g/mol. The quantitative estimate of drug-likeness (QED) is 0.786. The van der Waals surface area contributed by atoms with E-state index in [4.69, 9.17) is 4.74 Å². The summed E-state index contributed by atoms with van der Waals surface area (Å²) in [6.07, 6.45) is 5.63. The molecule has 0 radical (unpaired) electrons. The van der Waals surface area contributed by atoms with Gasteiger partial charge < -0.3 is 14.5 Å². The van der Waals surface area contributed by atoms with Crippen molar-refractivity contribution in [1.29, 1.82) is 0 Å². The van der Waals surface area contributed by atoms with Gasteiger partial charge in [0.25, 0.3) is 5.91 Å². The zero-order chi connectivity index (χ0) is 15.4. The van der Waals surface area contributed by atoms with Crippen LogP contribution in [0.2, 0.25) is 0 Å². The van der Waals surface area contributed by atoms with E-state index >= 15 is 0 Å². The summed E-state index contributed by atoms with van der Waals surface area (Å²) < 4.78 is 5.25. The molecular formula is C15H21N3O3S. The number of esters is 1. The van der Waals surface area contributed by atoms with Crippen molar-refractivity contribution in [3.8, 4) is 0 Å². The number of hydrogen-bond donors (Lipinski definition) is 0. The lowest BCUT2D eigenvalue weighted by Crippen LogP contribution is -2.40. The molecule has 0 bridgehead atoms. The third-order valence-electron chi connectivity index (χ3n) is 4.24. The molecule has 1 amide bonds. The summed E-state index contributed by atoms with van der Waals surface area (Å²) in [6, 6.07) is 0. The number of likely N-dealkylation sites (tertiary alicyclic amines) is 1. The molecule has 1 atom stereocenters. The smallest absolute Gasteiger partial charge is 0.311 e. The molecule has 22 heavy (non-hydrogen) atoms. The van der Waals surface area contributed by atoms with E-state index < -0.39 is 0 Å². The fraction of sp³-hybridized carbons (Fsp3) is 0.667. The van der Waals surface area contributed by atoms with Gasteiger partial charge in [0.2, 0.25) is 0 Å². The second-order valence-corrected chi connectivity index (χ2v) is 6.67. The van der Waals surface area contributed by atoms with E-state index in [1.54, 1.807) is 22.4 Å². The molecule has 0 unspecified atom stereocenters. The van der Waals surface area contributed by atoms with Gasteiger partial charge in [0.15, 0.2) is 11.7 Å². The molecule has 0 N–H and O–H groups in total. The first-order valence-electron chi connectivity index (χ1n) is 7.83. The average Bonchev–Trinajstić information content (AvgIpc) is 3.25. The molecule has 2 fully saturated rings. The number of ether oxygens (including phenoxy) is 1. The van der Waals surface area contributed by atoms with E-state index in [1.165, 1.54) is 0 Å². The number of anilines is 1. The minimum absolute atomic E-state index is 0.0709. The molecule has 6 nitrogen and oxygen atoms in total. The van der Waals surface area contributed by atoms with E-state index in [1.807, 2.05) is 5.38 Å². The number of carbonyl (C=O) groups excluding carboxylic acids is 2. The third kappa shape index (κ3) is 3.58. The Kier molecular flexibility index (Phi) is 4.92. The summed E-state index contributed by atoms with van der Waals surface area (Å²) in [7, 11) is 0. The van der Waals surface area contributed by atoms with Gasteiger partial charge in [-0.25, -0.2) is 4.98 Å². The second-order valence-electron chi connectivity index (χ2n) is 5.80. The van der Waals surface area contributed by atoms with Crippen LogP contribution in [0.5, 0.6) is 0 Å². The molecule has 3 heterocycles. The maximum absolute atomic E-state index is 12.2. The lowest BCUT2D eigenvalue weighted by atomic mass is 9.99. The molecule has 1 aromatic heterocycles. The van der Waals surface area contributed by atoms with Gasteiger partial charge in [0, 0.05) is 37.8 Å². The molecule has 1 aromatic rings. The molecule has 0 spiro atoms. The largest absolute Gasteiger partial charge is 0.455 e. The van der Waals surface area contributed by atoms with Gasteiger partial charge in [-0.05, 0) is 25.7 Å². The van der Waals surface area contributed by atoms with Gasteiger partial charge in [-0.1, -0.05) is 0 Å². The first kappa shape index (κ1) is 15.3. The predicted molar refractivity (Wildman–Crippen MR) is 83.8 cm³/mol. The minimum atomic E-state index is -0.256. The Balaban J connectivity index is 1.48. The number of piperidine rings is 1. The van der Waals surface area contributed by atoms with E-state index in [0.717, 1.165) is 50.4 Å². The van der Waals surface area contributed by atoms with Crippen LogP contribution < -0.4 is 4.90 Å². The fourth-order valence-corrected chi connectivity index (χ4v) is 3.70. The monoisotopic (exact) mass is 323 g/mol. The van der Waals surface area contributed by atoms with E-state index in [2.05, 4.69) is 9.88 Å². The van der Waals surface area contributed by atoms with Crippen molar-refractivity contribution in [1.82, 2.24) is 9.88 Å². The first-order valence-corrected chi connectivity index (χ1v) is 8.71. The summed E-state index contributed by atoms with van der Waals surface area (Å²) in [6.45, 7) is 3.01. The van der Waals surface area contributed by atoms with Gasteiger partial charge in [0.1, 0.15) is 0 Å². The maximum Gasteiger partial charge on any atom is 0.311 e. The number of carbonyl (C=O) groups is 2. The molecule has 0 aromatic carbocycles. The Morgan fingerprint density at radius 2 is 2.09 bits per heavy atom. The maximum atomic E-state index is 12.2. The van der Waals surface area contributed by atoms with Crippen LogP contribution in [0.1, 0.15) is 25.7 Å². The van der Waals surface area contributed by atoms with Gasteiger partial charge in [-0.2, -0.15) is 0 Å². The SMILES string of the molecule is O=C(OCC(=O)N1CCCC1)[C@H]1CCCN(c2nccs2)C1. The Hall–Kier alpha value is -1.63. The van der Waals surface area contributed by atoms with Crippen LogP contribution in [0.25, 0.3) is 0 Å². The van der Waals surface area contributed by atoms with Crippen molar-refractivity contribution < 1.29 is 14.3 Å². The van der Waals surface area contributed by atoms with Crippen LogP contribution in [0.15, 0.2) is 11.6 Å². The molecule has 0 aliphatic carbocycles. The zero-order valence-corrected chi connectivity index (χ0v) is 13.4. The zero-order valence-electron chi connectivity index (χ0n) is 12.6. The molecule has 2 saturated heterocycles. The van der Waals surface area contributed by atoms with Crippen LogP contribution in [0.3, 0.4) is 0 Å². The van der Waals surface area contributed by atoms with E-state index in [-0.39, 0.29) is 24.4 Å². The highest BCUT2D eigenvalue weighted by atomic mass is 32.1. The Morgan fingerprint density at radius 3 is 2.82 bits per heavy atom. The van der Waals surface area contributed by atoms with Crippen molar-refractivity contribution in [2.24, 2.45) is 5.92 Å². The van der Waals surface area contributed by atoms with Crippen LogP contribution in [-0.4, -0.2) is 54.5 Å². The van der Waals surface area contributed by atoms with Gasteiger partial charge in [-0.3, -0.25) is 9.59 Å². The summed E-state index contributed by atoms with van der Waals surface area (Å²) in [5.41, 5.74) is 0. The van der Waals surface area contributed by atoms with Crippen molar-refractivity contribution in [2.45, 2.75) is 25.7 Å². The average molecular weight is 323 g/mol. The Morgan fingerprint density at radius 1 is 1.27 bits per heavy atom. The highest BCUT2D eigenvalue weighted by molar-refractivity contribution is 7.13. The van der Waals surface area contributed by atoms with Gasteiger partial charge in [-0.15, -0.1) is 11.3 Å². The first-order chi connectivity index (χ1) is 10.7. The van der Waals surface area contributed by atoms with E-state index in [9.17, 15) is 9.59 Å². The predicted octanol–water partition coefficient (Wildman–Crippen LogP) is 1.53. The fourth-order valence-electron chi connectivity index (χ4n) is 3.02. The van der Waals surface area contributed by atoms with Crippen LogP contribution in [-0.2, 0) is 14.3 Å². The number of hydrogen-bond acceptors (Lipinski definition) is 6. The molecule has 2 aliphatic rings. The Labute approximate surface area is 134 Å². The molecule has 2 aliphatic heterocycles. The van der Waals surface area contributed by atoms with Crippen LogP contribution >= 0.6 is 11.3 Å². The van der Waals surface area contributed by atoms with Crippen LogP contribution in [0.4, 0.5) is 5.13 Å². The normalized spacial score (nSPS) is 21.9. The van der Waals surface area contributed by atoms with Gasteiger partial charge in [0.05, 0.1) is 5.92 Å². The molecule has 120 valence electrons. The summed E-state index contributed by atoms with van der Waals surface area (Å²) in [5.74, 6) is -0.490. The number of rotatable bonds is 4. The molecule has 0 saturated carbocycles. The Bertz CT molecular complexity index is 514. The molecule has 7 heteroatoms. The second kappa shape index (κ2) is 7.09. The number of amides is 1. The standard InChI is InChI=1S/C15H21N3O3S/c19-13(17-6-1-2-7-17)11-21-14(20)12-4-3-8-18(10-12)15-16-5-9-22-15/h5,9,12H,1-4,6-8,10-11H2/t12-/m0/s1. The highest BCUT2D eigenvalue weighted by Crippen LogP contribution is 2.25. The summed E-state index contributed by atoms with van der Waals surface area (Å²) in [4.78, 5) is 32.3. The number of aromatic nitrogens is 1. The highest BCUT2D eigenvalue weighted by Gasteiger charge is 2.29. The summed E-state index contributed by atoms with van der Waals surface area (Å²) in [5, 5.41) is 2.89. The number of thiazole rings is 1. The van der Waals surface area contributed by atoms with Crippen LogP contribution in [0, 0.1) is 5.92 Å². The van der Waals surface area contributed by atoms with E-state index in [0.29, 0.717) is 6.54 Å². The lowest BCUT2D eigenvalue weighted by molar-refractivity contribution is -0.155. The van der Waals surface area contributed by atoms with Crippen molar-refractivity contribution >= 4 is 28.3 Å². The topological polar surface area (TPSA) is 62.7 Å². The molecule has 3 rings (SSSR count). The minimum Gasteiger partial charge on any atom is -0.455 e. The lowest BCUT2D eigenvalue weighted by Gasteiger charge is -2.31. The van der Waals surface area contributed by atoms with Crippen molar-refractivity contribution in [2.75, 3.05) is 37.7 Å². The third-order valence-corrected chi connectivity index (χ3v) is 5.07. The summed E-state index contributed by atoms with van der Waals surface area (Å²) >= 11 is 1.58. The van der Waals surface area contributed by atoms with Gasteiger partial charge >= 0.3 is 5.97 Å². The van der Waals surface area contributed by atoms with Crippen molar-refractivity contribution in [3.63, 3.8) is 0 Å². The van der Waals surface area contributed by atoms with Crippen molar-refractivity contribution in [3.05, 3.63) is 11.6 Å². The number of nitrogens with zero attached hydrogens (tertiary/aromatic N) is 3.